The van der Waals surface area contributed by atoms with Crippen molar-refractivity contribution in [3.8, 4) is 0 Å². The molecule has 0 saturated heterocycles. The van der Waals surface area contributed by atoms with Crippen molar-refractivity contribution in [3.05, 3.63) is 33.8 Å². The Balaban J connectivity index is 2.49. The van der Waals surface area contributed by atoms with Gasteiger partial charge in [0.15, 0.2) is 5.78 Å². The first-order valence-corrected chi connectivity index (χ1v) is 6.69. The molecule has 0 atom stereocenters. The molecule has 0 fully saturated rings. The van der Waals surface area contributed by atoms with Crippen LogP contribution in [-0.2, 0) is 0 Å². The summed E-state index contributed by atoms with van der Waals surface area (Å²) >= 11 is 11.7. The van der Waals surface area contributed by atoms with Gasteiger partial charge in [0, 0.05) is 25.1 Å². The molecule has 0 spiro atoms. The zero-order valence-corrected chi connectivity index (χ0v) is 12.3. The third kappa shape index (κ3) is 5.69. The molecular weight excluding hydrogens is 314 g/mol. The molecule has 0 aromatic heterocycles. The number of halogens is 5. The lowest BCUT2D eigenvalue weighted by Gasteiger charge is -2.17. The lowest BCUT2D eigenvalue weighted by molar-refractivity contribution is -0.137. The molecular formula is C13H14Cl2F3NO. The predicted molar refractivity (Wildman–Crippen MR) is 73.6 cm³/mol. The SMILES string of the molecule is CN(CCC(=O)c1cccc(Cl)c1Cl)CCC(F)(F)F. The van der Waals surface area contributed by atoms with Crippen LogP contribution in [0.15, 0.2) is 18.2 Å². The highest BCUT2D eigenvalue weighted by atomic mass is 35.5. The second-order valence-electron chi connectivity index (χ2n) is 4.44. The van der Waals surface area contributed by atoms with E-state index in [0.717, 1.165) is 0 Å². The second kappa shape index (κ2) is 7.29. The van der Waals surface area contributed by atoms with Gasteiger partial charge in [0.05, 0.1) is 16.5 Å². The smallest absolute Gasteiger partial charge is 0.306 e. The topological polar surface area (TPSA) is 20.3 Å². The molecule has 0 amide bonds. The number of ketones is 1. The van der Waals surface area contributed by atoms with Crippen LogP contribution >= 0.6 is 23.2 Å². The molecule has 0 N–H and O–H groups in total. The van der Waals surface area contributed by atoms with E-state index >= 15 is 0 Å². The molecule has 0 radical (unpaired) electrons. The summed E-state index contributed by atoms with van der Waals surface area (Å²) in [6, 6.07) is 4.72. The first-order valence-electron chi connectivity index (χ1n) is 5.93. The first kappa shape index (κ1) is 17.3. The van der Waals surface area contributed by atoms with Crippen LogP contribution < -0.4 is 0 Å². The molecule has 0 aliphatic rings. The fourth-order valence-electron chi connectivity index (χ4n) is 1.58. The Kier molecular flexibility index (Phi) is 6.30. The third-order valence-corrected chi connectivity index (χ3v) is 3.57. The van der Waals surface area contributed by atoms with E-state index in [-0.39, 0.29) is 35.3 Å². The van der Waals surface area contributed by atoms with Crippen LogP contribution in [0.5, 0.6) is 0 Å². The first-order chi connectivity index (χ1) is 9.20. The monoisotopic (exact) mass is 327 g/mol. The Morgan fingerprint density at radius 1 is 1.25 bits per heavy atom. The summed E-state index contributed by atoms with van der Waals surface area (Å²) in [7, 11) is 1.54. The van der Waals surface area contributed by atoms with Crippen molar-refractivity contribution >= 4 is 29.0 Å². The highest BCUT2D eigenvalue weighted by Crippen LogP contribution is 2.26. The van der Waals surface area contributed by atoms with Crippen LogP contribution in [0.25, 0.3) is 0 Å². The van der Waals surface area contributed by atoms with Gasteiger partial charge in [-0.3, -0.25) is 4.79 Å². The maximum Gasteiger partial charge on any atom is 0.390 e. The Hall–Kier alpha value is -0.780. The molecule has 1 aromatic rings. The highest BCUT2D eigenvalue weighted by Gasteiger charge is 2.27. The van der Waals surface area contributed by atoms with E-state index in [1.165, 1.54) is 4.90 Å². The minimum absolute atomic E-state index is 0.0917. The number of benzene rings is 1. The average molecular weight is 328 g/mol. The van der Waals surface area contributed by atoms with E-state index < -0.39 is 12.6 Å². The lowest BCUT2D eigenvalue weighted by Crippen LogP contribution is -2.26. The van der Waals surface area contributed by atoms with Gasteiger partial charge in [0.2, 0.25) is 0 Å². The molecule has 112 valence electrons. The maximum atomic E-state index is 12.1. The van der Waals surface area contributed by atoms with Crippen molar-refractivity contribution in [1.29, 1.82) is 0 Å². The van der Waals surface area contributed by atoms with Gasteiger partial charge in [0.25, 0.3) is 0 Å². The Labute approximate surface area is 125 Å². The maximum absolute atomic E-state index is 12.1. The van der Waals surface area contributed by atoms with Crippen LogP contribution in [-0.4, -0.2) is 37.0 Å². The average Bonchev–Trinajstić information content (AvgIpc) is 2.36. The molecule has 0 aliphatic carbocycles. The summed E-state index contributed by atoms with van der Waals surface area (Å²) in [5.74, 6) is -0.239. The number of carbonyl (C=O) groups excluding carboxylic acids is 1. The van der Waals surface area contributed by atoms with Crippen molar-refractivity contribution < 1.29 is 18.0 Å². The normalized spacial score (nSPS) is 11.9. The largest absolute Gasteiger partial charge is 0.390 e. The standard InChI is InChI=1S/C13H14Cl2F3NO/c1-19(8-6-13(16,17)18)7-5-11(20)9-3-2-4-10(14)12(9)15/h2-4H,5-8H2,1H3. The third-order valence-electron chi connectivity index (χ3n) is 2.75. The zero-order valence-electron chi connectivity index (χ0n) is 10.8. The van der Waals surface area contributed by atoms with Gasteiger partial charge in [-0.2, -0.15) is 13.2 Å². The fraction of sp³-hybridized carbons (Fsp3) is 0.462. The number of hydrogen-bond donors (Lipinski definition) is 0. The van der Waals surface area contributed by atoms with E-state index in [0.29, 0.717) is 5.56 Å². The summed E-state index contributed by atoms with van der Waals surface area (Å²) in [6.45, 7) is 0.0951. The predicted octanol–water partition coefficient (Wildman–Crippen LogP) is 4.45. The summed E-state index contributed by atoms with van der Waals surface area (Å²) in [5.41, 5.74) is 0.295. The van der Waals surface area contributed by atoms with E-state index in [1.54, 1.807) is 25.2 Å². The highest BCUT2D eigenvalue weighted by molar-refractivity contribution is 6.43. The molecule has 1 aromatic carbocycles. The van der Waals surface area contributed by atoms with E-state index in [1.807, 2.05) is 0 Å². The van der Waals surface area contributed by atoms with Gasteiger partial charge in [-0.1, -0.05) is 29.3 Å². The van der Waals surface area contributed by atoms with Crippen molar-refractivity contribution in [2.24, 2.45) is 0 Å². The molecule has 20 heavy (non-hydrogen) atoms. The van der Waals surface area contributed by atoms with E-state index in [9.17, 15) is 18.0 Å². The number of hydrogen-bond acceptors (Lipinski definition) is 2. The van der Waals surface area contributed by atoms with Crippen LogP contribution in [0.1, 0.15) is 23.2 Å². The molecule has 0 saturated carbocycles. The van der Waals surface area contributed by atoms with Crippen molar-refractivity contribution in [2.75, 3.05) is 20.1 Å². The summed E-state index contributed by atoms with van der Waals surface area (Å²) < 4.78 is 36.2. The summed E-state index contributed by atoms with van der Waals surface area (Å²) in [6.07, 6.45) is -4.99. The molecule has 0 heterocycles. The molecule has 2 nitrogen and oxygen atoms in total. The summed E-state index contributed by atoms with van der Waals surface area (Å²) in [4.78, 5) is 13.4. The van der Waals surface area contributed by atoms with Crippen molar-refractivity contribution in [2.45, 2.75) is 19.0 Å². The lowest BCUT2D eigenvalue weighted by atomic mass is 10.1. The second-order valence-corrected chi connectivity index (χ2v) is 5.23. The van der Waals surface area contributed by atoms with Gasteiger partial charge < -0.3 is 4.90 Å². The quantitative estimate of drug-likeness (QED) is 0.719. The van der Waals surface area contributed by atoms with E-state index in [2.05, 4.69) is 0 Å². The minimum atomic E-state index is -4.19. The van der Waals surface area contributed by atoms with Gasteiger partial charge in [-0.05, 0) is 19.2 Å². The Bertz CT molecular complexity index is 477. The van der Waals surface area contributed by atoms with Crippen LogP contribution in [0.3, 0.4) is 0 Å². The zero-order chi connectivity index (χ0) is 15.3. The molecule has 0 unspecified atom stereocenters. The van der Waals surface area contributed by atoms with Crippen LogP contribution in [0, 0.1) is 0 Å². The van der Waals surface area contributed by atoms with Gasteiger partial charge >= 0.3 is 6.18 Å². The van der Waals surface area contributed by atoms with Gasteiger partial charge in [-0.25, -0.2) is 0 Å². The fourth-order valence-corrected chi connectivity index (χ4v) is 1.98. The van der Waals surface area contributed by atoms with Crippen molar-refractivity contribution in [3.63, 3.8) is 0 Å². The Morgan fingerprint density at radius 3 is 2.50 bits per heavy atom. The van der Waals surface area contributed by atoms with Crippen LogP contribution in [0.4, 0.5) is 13.2 Å². The number of Topliss-reactive ketones (excluding diaryl/α,β-unsaturated/α-hetero) is 1. The number of nitrogens with zero attached hydrogens (tertiary/aromatic N) is 1. The summed E-state index contributed by atoms with van der Waals surface area (Å²) in [5, 5.41) is 0.458. The number of rotatable bonds is 6. The van der Waals surface area contributed by atoms with E-state index in [4.69, 9.17) is 23.2 Å². The van der Waals surface area contributed by atoms with Gasteiger partial charge in [0.1, 0.15) is 0 Å². The molecule has 7 heteroatoms. The van der Waals surface area contributed by atoms with Gasteiger partial charge in [-0.15, -0.1) is 0 Å². The van der Waals surface area contributed by atoms with Crippen LogP contribution in [0.2, 0.25) is 10.0 Å². The van der Waals surface area contributed by atoms with Crippen molar-refractivity contribution in [1.82, 2.24) is 4.90 Å². The number of carbonyl (C=O) groups is 1. The number of alkyl halides is 3. The minimum Gasteiger partial charge on any atom is -0.306 e. The molecule has 0 bridgehead atoms. The molecule has 0 aliphatic heterocycles. The Morgan fingerprint density at radius 2 is 1.90 bits per heavy atom. The molecule has 1 rings (SSSR count).